The Morgan fingerprint density at radius 3 is 2.11 bits per heavy atom. The Bertz CT molecular complexity index is 1260. The van der Waals surface area contributed by atoms with E-state index in [0.717, 1.165) is 35.4 Å². The van der Waals surface area contributed by atoms with E-state index in [1.807, 2.05) is 0 Å². The smallest absolute Gasteiger partial charge is 0.124 e. The van der Waals surface area contributed by atoms with Crippen LogP contribution in [0.5, 0.6) is 0 Å². The Kier molecular flexibility index (Phi) is 6.71. The second kappa shape index (κ2) is 10.1. The first-order valence-corrected chi connectivity index (χ1v) is 15.1. The van der Waals surface area contributed by atoms with Gasteiger partial charge in [-0.1, -0.05) is 72.8 Å². The van der Waals surface area contributed by atoms with Crippen LogP contribution < -0.4 is 15.9 Å². The van der Waals surface area contributed by atoms with Gasteiger partial charge < -0.3 is 9.88 Å². The predicted octanol–water partition coefficient (Wildman–Crippen LogP) is 6.64. The summed E-state index contributed by atoms with van der Waals surface area (Å²) >= 11 is 0. The van der Waals surface area contributed by atoms with Crippen molar-refractivity contribution in [2.45, 2.75) is 64.3 Å². The Hall–Kier alpha value is -2.48. The third-order valence-electron chi connectivity index (χ3n) is 8.65. The Morgan fingerprint density at radius 2 is 1.44 bits per heavy atom. The fourth-order valence-corrected chi connectivity index (χ4v) is 10.8. The number of hydrogen-bond acceptors (Lipinski definition) is 2. The molecule has 0 spiro atoms. The van der Waals surface area contributed by atoms with Crippen LogP contribution in [0.4, 0.5) is 0 Å². The van der Waals surface area contributed by atoms with Gasteiger partial charge in [-0.3, -0.25) is 0 Å². The number of rotatable bonds is 8. The molecule has 5 atom stereocenters. The van der Waals surface area contributed by atoms with Gasteiger partial charge in [-0.15, -0.1) is 0 Å². The number of fused-ring (bicyclic) bond motifs is 3. The highest BCUT2D eigenvalue weighted by atomic mass is 31.1. The molecule has 0 aliphatic heterocycles. The summed E-state index contributed by atoms with van der Waals surface area (Å²) in [4.78, 5) is 5.03. The van der Waals surface area contributed by atoms with Gasteiger partial charge in [-0.2, -0.15) is 0 Å². The number of para-hydroxylation sites is 2. The number of nitrogens with one attached hydrogen (secondary N) is 1. The summed E-state index contributed by atoms with van der Waals surface area (Å²) in [6.07, 6.45) is 4.21. The van der Waals surface area contributed by atoms with Crippen LogP contribution >= 0.6 is 7.92 Å². The topological polar surface area (TPSA) is 29.9 Å². The van der Waals surface area contributed by atoms with E-state index in [-0.39, 0.29) is 0 Å². The van der Waals surface area contributed by atoms with Crippen LogP contribution in [-0.2, 0) is 6.54 Å². The summed E-state index contributed by atoms with van der Waals surface area (Å²) < 4.78 is 2.41. The molecule has 1 aromatic heterocycles. The normalized spacial score (nSPS) is 24.2. The molecular weight excluding hydrogens is 457 g/mol. The zero-order chi connectivity index (χ0) is 24.6. The monoisotopic (exact) mass is 495 g/mol. The zero-order valence-corrected chi connectivity index (χ0v) is 22.6. The molecule has 0 amide bonds. The fraction of sp³-hybridized carbons (Fsp3) is 0.406. The molecule has 186 valence electrons. The van der Waals surface area contributed by atoms with Gasteiger partial charge in [0.2, 0.25) is 0 Å². The first kappa shape index (κ1) is 23.9. The molecule has 6 rings (SSSR count). The van der Waals surface area contributed by atoms with Gasteiger partial charge in [0.1, 0.15) is 5.82 Å². The van der Waals surface area contributed by atoms with E-state index >= 15 is 0 Å². The Balaban J connectivity index is 1.30. The number of imidazole rings is 1. The first-order valence-electron chi connectivity index (χ1n) is 13.7. The third kappa shape index (κ3) is 4.31. The molecule has 36 heavy (non-hydrogen) atoms. The molecule has 2 aliphatic rings. The molecule has 1 N–H and O–H groups in total. The minimum atomic E-state index is -0.397. The van der Waals surface area contributed by atoms with Crippen LogP contribution in [0.2, 0.25) is 0 Å². The summed E-state index contributed by atoms with van der Waals surface area (Å²) in [5.41, 5.74) is 3.08. The van der Waals surface area contributed by atoms with E-state index < -0.39 is 7.92 Å². The molecule has 2 fully saturated rings. The second-order valence-electron chi connectivity index (χ2n) is 11.1. The van der Waals surface area contributed by atoms with Gasteiger partial charge in [0.05, 0.1) is 17.6 Å². The van der Waals surface area contributed by atoms with E-state index in [4.69, 9.17) is 4.98 Å². The minimum absolute atomic E-state index is 0.392. The number of hydrogen-bond donors (Lipinski definition) is 1. The quantitative estimate of drug-likeness (QED) is 0.278. The highest BCUT2D eigenvalue weighted by Crippen LogP contribution is 2.61. The lowest BCUT2D eigenvalue weighted by atomic mass is 9.83. The van der Waals surface area contributed by atoms with Crippen LogP contribution in [0.15, 0.2) is 84.9 Å². The van der Waals surface area contributed by atoms with Gasteiger partial charge in [0, 0.05) is 12.1 Å². The molecule has 2 saturated carbocycles. The van der Waals surface area contributed by atoms with Crippen LogP contribution in [-0.4, -0.2) is 21.3 Å². The number of aromatic nitrogens is 2. The molecule has 3 nitrogen and oxygen atoms in total. The maximum absolute atomic E-state index is 5.03. The van der Waals surface area contributed by atoms with E-state index in [1.54, 1.807) is 0 Å². The first-order chi connectivity index (χ1) is 17.6. The van der Waals surface area contributed by atoms with E-state index in [2.05, 4.69) is 116 Å². The number of nitrogens with zero attached hydrogens (tertiary/aromatic N) is 2. The molecule has 3 aromatic carbocycles. The maximum Gasteiger partial charge on any atom is 0.124 e. The summed E-state index contributed by atoms with van der Waals surface area (Å²) in [5, 5.41) is 7.07. The van der Waals surface area contributed by atoms with Gasteiger partial charge in [-0.05, 0) is 94.1 Å². The summed E-state index contributed by atoms with van der Waals surface area (Å²) in [7, 11) is -0.397. The third-order valence-corrected chi connectivity index (χ3v) is 11.7. The highest BCUT2D eigenvalue weighted by Gasteiger charge is 2.52. The van der Waals surface area contributed by atoms with Crippen molar-refractivity contribution in [3.8, 4) is 0 Å². The lowest BCUT2D eigenvalue weighted by Gasteiger charge is -2.41. The molecule has 2 bridgehead atoms. The molecule has 0 saturated heterocycles. The van der Waals surface area contributed by atoms with Crippen LogP contribution in [0.3, 0.4) is 0 Å². The van der Waals surface area contributed by atoms with Crippen LogP contribution in [0, 0.1) is 17.8 Å². The van der Waals surface area contributed by atoms with E-state index in [9.17, 15) is 0 Å². The van der Waals surface area contributed by atoms with Gasteiger partial charge in [0.25, 0.3) is 0 Å². The van der Waals surface area contributed by atoms with Crippen LogP contribution in [0.1, 0.15) is 51.9 Å². The second-order valence-corrected chi connectivity index (χ2v) is 13.5. The van der Waals surface area contributed by atoms with Crippen molar-refractivity contribution in [1.29, 1.82) is 0 Å². The summed E-state index contributed by atoms with van der Waals surface area (Å²) in [6, 6.07) is 32.2. The molecule has 1 heterocycles. The van der Waals surface area contributed by atoms with Crippen molar-refractivity contribution in [3.05, 3.63) is 90.8 Å². The fourth-order valence-electron chi connectivity index (χ4n) is 7.25. The average molecular weight is 496 g/mol. The molecule has 0 radical (unpaired) electrons. The zero-order valence-electron chi connectivity index (χ0n) is 21.7. The highest BCUT2D eigenvalue weighted by molar-refractivity contribution is 7.73. The SMILES string of the molecule is CC(C)n1c(CN[C@@H](C)C2[C@H]3CCC(C3)[C@H]2P(c2ccccc2)c2ccccc2)nc2ccccc21. The van der Waals surface area contributed by atoms with Crippen molar-refractivity contribution in [3.63, 3.8) is 0 Å². The Labute approximate surface area is 217 Å². The summed E-state index contributed by atoms with van der Waals surface area (Å²) in [6.45, 7) is 7.80. The van der Waals surface area contributed by atoms with Crippen molar-refractivity contribution in [2.24, 2.45) is 17.8 Å². The molecule has 4 heteroatoms. The molecule has 2 aliphatic carbocycles. The maximum atomic E-state index is 5.03. The lowest BCUT2D eigenvalue weighted by Crippen LogP contribution is -2.44. The average Bonchev–Trinajstić information content (AvgIpc) is 3.62. The Morgan fingerprint density at radius 1 is 0.833 bits per heavy atom. The standard InChI is InChI=1S/C32H38N3P/c1-22(2)35-29-17-11-10-16-28(29)34-30(35)21-33-23(3)31-24-18-19-25(20-24)32(31)36(26-12-6-4-7-13-26)27-14-8-5-9-15-27/h4-17,22-25,31-33H,18-21H2,1-3H3/t23-,24-,25?,31?,32+/m0/s1. The molecular formula is C32H38N3P. The molecule has 2 unspecified atom stereocenters. The van der Waals surface area contributed by atoms with Crippen molar-refractivity contribution in [2.75, 3.05) is 0 Å². The largest absolute Gasteiger partial charge is 0.324 e. The molecule has 4 aromatic rings. The van der Waals surface area contributed by atoms with Crippen LogP contribution in [0.25, 0.3) is 11.0 Å². The van der Waals surface area contributed by atoms with Crippen molar-refractivity contribution < 1.29 is 0 Å². The minimum Gasteiger partial charge on any atom is -0.324 e. The van der Waals surface area contributed by atoms with Crippen molar-refractivity contribution >= 4 is 29.6 Å². The van der Waals surface area contributed by atoms with Gasteiger partial charge in [0.15, 0.2) is 0 Å². The van der Waals surface area contributed by atoms with E-state index in [0.29, 0.717) is 18.0 Å². The predicted molar refractivity (Wildman–Crippen MR) is 154 cm³/mol. The van der Waals surface area contributed by atoms with Gasteiger partial charge in [-0.25, -0.2) is 4.98 Å². The summed E-state index contributed by atoms with van der Waals surface area (Å²) in [5.74, 6) is 3.54. The van der Waals surface area contributed by atoms with E-state index in [1.165, 1.54) is 35.4 Å². The van der Waals surface area contributed by atoms with Crippen molar-refractivity contribution in [1.82, 2.24) is 14.9 Å². The lowest BCUT2D eigenvalue weighted by molar-refractivity contribution is 0.263. The number of benzene rings is 3. The van der Waals surface area contributed by atoms with Gasteiger partial charge >= 0.3 is 0 Å².